The van der Waals surface area contributed by atoms with Crippen molar-refractivity contribution in [3.63, 3.8) is 0 Å². The molecule has 2 aliphatic rings. The van der Waals surface area contributed by atoms with E-state index in [0.717, 1.165) is 13.0 Å². The molecule has 1 aliphatic carbocycles. The lowest BCUT2D eigenvalue weighted by Gasteiger charge is -2.36. The number of carbonyl (C=O) groups is 2. The summed E-state index contributed by atoms with van der Waals surface area (Å²) in [5, 5.41) is 12.1. The van der Waals surface area contributed by atoms with E-state index < -0.39 is 12.0 Å². The predicted molar refractivity (Wildman–Crippen MR) is 75.6 cm³/mol. The largest absolute Gasteiger partial charge is 0.480 e. The van der Waals surface area contributed by atoms with Gasteiger partial charge in [-0.3, -0.25) is 0 Å². The average Bonchev–Trinajstić information content (AvgIpc) is 3.22. The average molecular weight is 283 g/mol. The summed E-state index contributed by atoms with van der Waals surface area (Å²) in [4.78, 5) is 27.1. The zero-order valence-electron chi connectivity index (χ0n) is 12.3. The number of nitrogens with one attached hydrogen (secondary N) is 1. The van der Waals surface area contributed by atoms with Crippen LogP contribution >= 0.6 is 0 Å². The van der Waals surface area contributed by atoms with Crippen molar-refractivity contribution in [3.8, 4) is 0 Å². The minimum absolute atomic E-state index is 0.242. The molecule has 0 aromatic rings. The molecule has 114 valence electrons. The minimum Gasteiger partial charge on any atom is -0.480 e. The van der Waals surface area contributed by atoms with Crippen LogP contribution in [0.2, 0.25) is 0 Å². The van der Waals surface area contributed by atoms with Gasteiger partial charge in [-0.25, -0.2) is 9.59 Å². The van der Waals surface area contributed by atoms with Gasteiger partial charge >= 0.3 is 12.0 Å². The summed E-state index contributed by atoms with van der Waals surface area (Å²) in [5.74, 6) is -0.539. The number of urea groups is 1. The van der Waals surface area contributed by atoms with Crippen LogP contribution in [0.4, 0.5) is 4.79 Å². The number of aliphatic carboxylic acids is 1. The normalized spacial score (nSPS) is 26.6. The number of likely N-dealkylation sites (N-methyl/N-ethyl adjacent to an activating group) is 1. The number of nitrogens with zero attached hydrogens (tertiary/aromatic N) is 2. The van der Waals surface area contributed by atoms with Gasteiger partial charge in [0.25, 0.3) is 0 Å². The molecule has 1 aliphatic heterocycles. The highest BCUT2D eigenvalue weighted by Gasteiger charge is 2.34. The van der Waals surface area contributed by atoms with E-state index in [2.05, 4.69) is 17.3 Å². The second kappa shape index (κ2) is 6.43. The SMILES string of the molecule is CC1CCN(C(=O)NCCN(C)C2CC2)C(C(=O)O)C1. The van der Waals surface area contributed by atoms with Crippen molar-refractivity contribution in [1.29, 1.82) is 0 Å². The van der Waals surface area contributed by atoms with E-state index in [4.69, 9.17) is 0 Å². The molecular weight excluding hydrogens is 258 g/mol. The standard InChI is InChI=1S/C14H25N3O3/c1-10-5-7-17(12(9-10)13(18)19)14(20)15-6-8-16(2)11-3-4-11/h10-12H,3-9H2,1-2H3,(H,15,20)(H,18,19). The van der Waals surface area contributed by atoms with Crippen LogP contribution in [0, 0.1) is 5.92 Å². The molecule has 1 heterocycles. The molecule has 6 nitrogen and oxygen atoms in total. The van der Waals surface area contributed by atoms with Crippen molar-refractivity contribution in [2.24, 2.45) is 5.92 Å². The van der Waals surface area contributed by atoms with Gasteiger partial charge in [-0.15, -0.1) is 0 Å². The van der Waals surface area contributed by atoms with Gasteiger partial charge in [-0.05, 0) is 38.6 Å². The topological polar surface area (TPSA) is 72.9 Å². The third kappa shape index (κ3) is 3.85. The van der Waals surface area contributed by atoms with Gasteiger partial charge in [0.05, 0.1) is 0 Å². The lowest BCUT2D eigenvalue weighted by atomic mass is 9.93. The fraction of sp³-hybridized carbons (Fsp3) is 0.857. The first-order valence-corrected chi connectivity index (χ1v) is 7.46. The van der Waals surface area contributed by atoms with E-state index in [1.165, 1.54) is 17.7 Å². The number of hydrogen-bond donors (Lipinski definition) is 2. The Hall–Kier alpha value is -1.30. The number of carboxylic acids is 1. The summed E-state index contributed by atoms with van der Waals surface area (Å²) in [5.41, 5.74) is 0. The van der Waals surface area contributed by atoms with Gasteiger partial charge in [0.2, 0.25) is 0 Å². The molecular formula is C14H25N3O3. The lowest BCUT2D eigenvalue weighted by Crippen LogP contribution is -2.54. The zero-order chi connectivity index (χ0) is 14.7. The first-order chi connectivity index (χ1) is 9.49. The van der Waals surface area contributed by atoms with Crippen LogP contribution < -0.4 is 5.32 Å². The number of amides is 2. The van der Waals surface area contributed by atoms with Crippen LogP contribution in [-0.4, -0.2) is 65.7 Å². The van der Waals surface area contributed by atoms with Gasteiger partial charge in [-0.1, -0.05) is 6.92 Å². The lowest BCUT2D eigenvalue weighted by molar-refractivity contribution is -0.143. The molecule has 2 atom stereocenters. The van der Waals surface area contributed by atoms with Crippen LogP contribution in [0.5, 0.6) is 0 Å². The number of rotatable bonds is 5. The monoisotopic (exact) mass is 283 g/mol. The molecule has 0 radical (unpaired) electrons. The highest BCUT2D eigenvalue weighted by Crippen LogP contribution is 2.25. The number of carbonyl (C=O) groups excluding carboxylic acids is 1. The van der Waals surface area contributed by atoms with Gasteiger partial charge in [0.15, 0.2) is 0 Å². The predicted octanol–water partition coefficient (Wildman–Crippen LogP) is 0.975. The van der Waals surface area contributed by atoms with Gasteiger partial charge < -0.3 is 20.2 Å². The second-order valence-electron chi connectivity index (χ2n) is 6.12. The van der Waals surface area contributed by atoms with Crippen LogP contribution in [-0.2, 0) is 4.79 Å². The Morgan fingerprint density at radius 2 is 2.05 bits per heavy atom. The Labute approximate surface area is 120 Å². The maximum Gasteiger partial charge on any atom is 0.326 e. The van der Waals surface area contributed by atoms with E-state index in [9.17, 15) is 14.7 Å². The van der Waals surface area contributed by atoms with Gasteiger partial charge in [0, 0.05) is 25.7 Å². The van der Waals surface area contributed by atoms with Crippen molar-refractivity contribution in [2.75, 3.05) is 26.7 Å². The molecule has 0 bridgehead atoms. The van der Waals surface area contributed by atoms with E-state index in [1.807, 2.05) is 6.92 Å². The first-order valence-electron chi connectivity index (χ1n) is 7.46. The molecule has 2 unspecified atom stereocenters. The minimum atomic E-state index is -0.901. The fourth-order valence-electron chi connectivity index (χ4n) is 2.76. The van der Waals surface area contributed by atoms with Crippen molar-refractivity contribution in [1.82, 2.24) is 15.1 Å². The molecule has 20 heavy (non-hydrogen) atoms. The first kappa shape index (κ1) is 15.1. The van der Waals surface area contributed by atoms with Gasteiger partial charge in [0.1, 0.15) is 6.04 Å². The molecule has 2 amide bonds. The number of piperidine rings is 1. The molecule has 2 fully saturated rings. The van der Waals surface area contributed by atoms with Crippen LogP contribution in [0.1, 0.15) is 32.6 Å². The fourth-order valence-corrected chi connectivity index (χ4v) is 2.76. The van der Waals surface area contributed by atoms with Crippen molar-refractivity contribution in [2.45, 2.75) is 44.7 Å². The van der Waals surface area contributed by atoms with Gasteiger partial charge in [-0.2, -0.15) is 0 Å². The Morgan fingerprint density at radius 3 is 2.65 bits per heavy atom. The maximum absolute atomic E-state index is 12.1. The summed E-state index contributed by atoms with van der Waals surface area (Å²) < 4.78 is 0. The molecule has 6 heteroatoms. The molecule has 0 aromatic heterocycles. The van der Waals surface area contributed by atoms with Crippen LogP contribution in [0.25, 0.3) is 0 Å². The molecule has 1 saturated carbocycles. The van der Waals surface area contributed by atoms with E-state index >= 15 is 0 Å². The van der Waals surface area contributed by atoms with Crippen LogP contribution in [0.3, 0.4) is 0 Å². The highest BCUT2D eigenvalue weighted by atomic mass is 16.4. The number of hydrogen-bond acceptors (Lipinski definition) is 3. The zero-order valence-corrected chi connectivity index (χ0v) is 12.3. The molecule has 2 rings (SSSR count). The Kier molecular flexibility index (Phi) is 4.86. The number of carboxylic acid groups (broad SMARTS) is 1. The van der Waals surface area contributed by atoms with Crippen molar-refractivity contribution in [3.05, 3.63) is 0 Å². The molecule has 0 spiro atoms. The van der Waals surface area contributed by atoms with E-state index in [0.29, 0.717) is 31.5 Å². The third-order valence-electron chi connectivity index (χ3n) is 4.32. The molecule has 1 saturated heterocycles. The smallest absolute Gasteiger partial charge is 0.326 e. The van der Waals surface area contributed by atoms with Crippen LogP contribution in [0.15, 0.2) is 0 Å². The highest BCUT2D eigenvalue weighted by molar-refractivity contribution is 5.82. The quantitative estimate of drug-likeness (QED) is 0.789. The van der Waals surface area contributed by atoms with Crippen molar-refractivity contribution < 1.29 is 14.7 Å². The van der Waals surface area contributed by atoms with E-state index in [1.54, 1.807) is 0 Å². The van der Waals surface area contributed by atoms with Crippen molar-refractivity contribution >= 4 is 12.0 Å². The van der Waals surface area contributed by atoms with E-state index in [-0.39, 0.29) is 6.03 Å². The molecule has 0 aromatic carbocycles. The Morgan fingerprint density at radius 1 is 1.35 bits per heavy atom. The second-order valence-corrected chi connectivity index (χ2v) is 6.12. The third-order valence-corrected chi connectivity index (χ3v) is 4.32. The summed E-state index contributed by atoms with van der Waals surface area (Å²) in [6.45, 7) is 3.96. The molecule has 2 N–H and O–H groups in total. The summed E-state index contributed by atoms with van der Waals surface area (Å²) in [7, 11) is 2.06. The Balaban J connectivity index is 1.78. The summed E-state index contributed by atoms with van der Waals surface area (Å²) >= 11 is 0. The number of likely N-dealkylation sites (tertiary alicyclic amines) is 1. The summed E-state index contributed by atoms with van der Waals surface area (Å²) in [6.07, 6.45) is 3.91. The maximum atomic E-state index is 12.1. The summed E-state index contributed by atoms with van der Waals surface area (Å²) in [6, 6.07) is -0.247. The Bertz CT molecular complexity index is 371.